The fourth-order valence-corrected chi connectivity index (χ4v) is 1.07. The smallest absolute Gasteiger partial charge is 0.410 e. The molecule has 0 aromatic rings. The van der Waals surface area contributed by atoms with Crippen molar-refractivity contribution in [2.45, 2.75) is 42.0 Å². The largest absolute Gasteiger partial charge is 0.477 e. The lowest BCUT2D eigenvalue weighted by molar-refractivity contribution is -0.429. The van der Waals surface area contributed by atoms with Gasteiger partial charge in [0, 0.05) is 0 Å². The lowest BCUT2D eigenvalue weighted by Gasteiger charge is -2.40. The van der Waals surface area contributed by atoms with Crippen molar-refractivity contribution in [2.24, 2.45) is 0 Å². The molecule has 0 bridgehead atoms. The highest BCUT2D eigenvalue weighted by Gasteiger charge is 2.92. The third kappa shape index (κ3) is 3.05. The van der Waals surface area contributed by atoms with Crippen molar-refractivity contribution in [3.8, 4) is 0 Å². The van der Waals surface area contributed by atoms with E-state index in [0.29, 0.717) is 0 Å². The minimum absolute atomic E-state index is 0. The second-order valence-corrected chi connectivity index (χ2v) is 4.10. The fourth-order valence-electron chi connectivity index (χ4n) is 1.07. The van der Waals surface area contributed by atoms with Crippen molar-refractivity contribution in [3.05, 3.63) is 0 Å². The molecule has 0 aliphatic rings. The number of rotatable bonds is 7. The Balaban J connectivity index is 0. The summed E-state index contributed by atoms with van der Waals surface area (Å²) in [6.07, 6.45) is -5.79. The van der Waals surface area contributed by atoms with E-state index in [1.54, 1.807) is 0 Å². The predicted octanol–water partition coefficient (Wildman–Crippen LogP) is 4.31. The Morgan fingerprint density at radius 2 is 0.920 bits per heavy atom. The van der Waals surface area contributed by atoms with Crippen molar-refractivity contribution in [2.75, 3.05) is 0 Å². The molecule has 0 aliphatic heterocycles. The lowest BCUT2D eigenvalue weighted by atomic mass is 9.91. The van der Waals surface area contributed by atoms with Crippen LogP contribution in [0, 0.1) is 0 Å². The molecule has 4 N–H and O–H groups in total. The maximum absolute atomic E-state index is 12.8. The van der Waals surface area contributed by atoms with E-state index in [4.69, 9.17) is 5.11 Å². The molecule has 3 nitrogen and oxygen atoms in total. The molecule has 152 valence electrons. The molecule has 0 saturated heterocycles. The van der Waals surface area contributed by atoms with E-state index >= 15 is 0 Å². The molecule has 25 heavy (non-hydrogen) atoms. The van der Waals surface area contributed by atoms with Gasteiger partial charge in [0.15, 0.2) is 0 Å². The average molecular weight is 413 g/mol. The van der Waals surface area contributed by atoms with Gasteiger partial charge in [0.2, 0.25) is 0 Å². The first-order valence-corrected chi connectivity index (χ1v) is 4.92. The van der Waals surface area contributed by atoms with Crippen molar-refractivity contribution in [1.82, 2.24) is 6.15 Å². The van der Waals surface area contributed by atoms with E-state index in [-0.39, 0.29) is 6.15 Å². The molecule has 17 heteroatoms. The van der Waals surface area contributed by atoms with E-state index in [9.17, 15) is 66.3 Å². The molecule has 0 atom stereocenters. The topological polar surface area (TPSA) is 72.3 Å². The Labute approximate surface area is 127 Å². The van der Waals surface area contributed by atoms with Crippen molar-refractivity contribution in [1.29, 1.82) is 0 Å². The standard InChI is InChI=1S/C8H2F14O2.H3N/c9-1(10)3(11,12)5(15,16)7(19,20)8(21,22)6(17,18)4(13,14)2(23)24;/h1H,(H,23,24);1H3. The summed E-state index contributed by atoms with van der Waals surface area (Å²) in [6, 6.07) is 0. The van der Waals surface area contributed by atoms with E-state index < -0.39 is 47.9 Å². The molecular weight excluding hydrogens is 408 g/mol. The zero-order valence-corrected chi connectivity index (χ0v) is 10.9. The SMILES string of the molecule is N.O=C(O)C(F)(F)C(F)(F)C(F)(F)C(F)(F)C(F)(F)C(F)(F)C(F)F. The van der Waals surface area contributed by atoms with Crippen molar-refractivity contribution >= 4 is 5.97 Å². The van der Waals surface area contributed by atoms with Gasteiger partial charge < -0.3 is 11.3 Å². The summed E-state index contributed by atoms with van der Waals surface area (Å²) in [6.45, 7) is 0. The van der Waals surface area contributed by atoms with Crippen LogP contribution in [-0.2, 0) is 4.79 Å². The van der Waals surface area contributed by atoms with Crippen LogP contribution in [0.2, 0.25) is 0 Å². The number of hydrogen-bond donors (Lipinski definition) is 2. The van der Waals surface area contributed by atoms with Crippen LogP contribution in [0.3, 0.4) is 0 Å². The predicted molar refractivity (Wildman–Crippen MR) is 48.3 cm³/mol. The first-order chi connectivity index (χ1) is 10.1. The van der Waals surface area contributed by atoms with Gasteiger partial charge in [-0.25, -0.2) is 13.6 Å². The monoisotopic (exact) mass is 413 g/mol. The molecule has 0 heterocycles. The molecule has 0 rings (SSSR count). The van der Waals surface area contributed by atoms with E-state index in [0.717, 1.165) is 0 Å². The summed E-state index contributed by atoms with van der Waals surface area (Å²) in [4.78, 5) is 9.73. The van der Waals surface area contributed by atoms with Crippen LogP contribution in [0.1, 0.15) is 0 Å². The molecule has 0 fully saturated rings. The van der Waals surface area contributed by atoms with Crippen LogP contribution >= 0.6 is 0 Å². The van der Waals surface area contributed by atoms with Crippen LogP contribution in [0.5, 0.6) is 0 Å². The van der Waals surface area contributed by atoms with E-state index in [1.165, 1.54) is 0 Å². The normalized spacial score (nSPS) is 15.2. The van der Waals surface area contributed by atoms with Gasteiger partial charge in [-0.1, -0.05) is 0 Å². The van der Waals surface area contributed by atoms with Crippen LogP contribution in [0.4, 0.5) is 61.5 Å². The quantitative estimate of drug-likeness (QED) is 0.612. The van der Waals surface area contributed by atoms with E-state index in [1.807, 2.05) is 0 Å². The summed E-state index contributed by atoms with van der Waals surface area (Å²) in [5.74, 6) is -50.9. The van der Waals surface area contributed by atoms with Gasteiger partial charge in [0.25, 0.3) is 0 Å². The average Bonchev–Trinajstić information content (AvgIpc) is 2.36. The number of alkyl halides is 14. The van der Waals surface area contributed by atoms with Crippen molar-refractivity contribution < 1.29 is 71.4 Å². The molecule has 0 amide bonds. The number of carboxylic acid groups (broad SMARTS) is 1. The van der Waals surface area contributed by atoms with Gasteiger partial charge >= 0.3 is 47.9 Å². The molecule has 0 saturated carbocycles. The lowest BCUT2D eigenvalue weighted by Crippen LogP contribution is -2.72. The Morgan fingerprint density at radius 3 is 1.16 bits per heavy atom. The maximum atomic E-state index is 12.8. The van der Waals surface area contributed by atoms with Crippen LogP contribution in [0.15, 0.2) is 0 Å². The van der Waals surface area contributed by atoms with Gasteiger partial charge in [-0.15, -0.1) is 0 Å². The summed E-state index contributed by atoms with van der Waals surface area (Å²) in [5.41, 5.74) is 0. The molecule has 0 radical (unpaired) electrons. The molecule has 0 aliphatic carbocycles. The van der Waals surface area contributed by atoms with Gasteiger partial charge in [0.05, 0.1) is 0 Å². The molecule has 0 spiro atoms. The van der Waals surface area contributed by atoms with Crippen molar-refractivity contribution in [3.63, 3.8) is 0 Å². The highest BCUT2D eigenvalue weighted by molar-refractivity contribution is 5.77. The van der Waals surface area contributed by atoms with Gasteiger partial charge in [-0.05, 0) is 0 Å². The summed E-state index contributed by atoms with van der Waals surface area (Å²) in [5, 5.41) is 7.59. The van der Waals surface area contributed by atoms with Gasteiger partial charge in [0.1, 0.15) is 0 Å². The molecular formula is C8H5F14NO2. The Bertz CT molecular complexity index is 501. The Kier molecular flexibility index (Phi) is 6.49. The van der Waals surface area contributed by atoms with Crippen LogP contribution < -0.4 is 6.15 Å². The summed E-state index contributed by atoms with van der Waals surface area (Å²) < 4.78 is 175. The summed E-state index contributed by atoms with van der Waals surface area (Å²) in [7, 11) is 0. The molecule has 0 aromatic carbocycles. The Hall–Kier alpha value is -1.55. The number of halogens is 14. The molecule has 0 aromatic heterocycles. The zero-order valence-electron chi connectivity index (χ0n) is 10.9. The first-order valence-electron chi connectivity index (χ1n) is 4.92. The highest BCUT2D eigenvalue weighted by atomic mass is 19.4. The minimum atomic E-state index is -8.21. The number of aliphatic carboxylic acids is 1. The van der Waals surface area contributed by atoms with Crippen LogP contribution in [0.25, 0.3) is 0 Å². The highest BCUT2D eigenvalue weighted by Crippen LogP contribution is 2.60. The zero-order chi connectivity index (χ0) is 20.2. The second kappa shape index (κ2) is 6.31. The number of hydrogen-bond acceptors (Lipinski definition) is 2. The number of carboxylic acids is 1. The Morgan fingerprint density at radius 1 is 0.640 bits per heavy atom. The van der Waals surface area contributed by atoms with Gasteiger partial charge in [-0.2, -0.15) is 52.7 Å². The second-order valence-electron chi connectivity index (χ2n) is 4.10. The third-order valence-corrected chi connectivity index (χ3v) is 2.54. The third-order valence-electron chi connectivity index (χ3n) is 2.54. The van der Waals surface area contributed by atoms with E-state index in [2.05, 4.69) is 0 Å². The minimum Gasteiger partial charge on any atom is -0.477 e. The van der Waals surface area contributed by atoms with Crippen LogP contribution in [-0.4, -0.2) is 53.0 Å². The van der Waals surface area contributed by atoms with Gasteiger partial charge in [-0.3, -0.25) is 0 Å². The first kappa shape index (κ1) is 25.7. The molecule has 0 unspecified atom stereocenters. The fraction of sp³-hybridized carbons (Fsp3) is 0.875. The summed E-state index contributed by atoms with van der Waals surface area (Å²) >= 11 is 0. The maximum Gasteiger partial charge on any atom is 0.410 e. The number of carbonyl (C=O) groups is 1.